The summed E-state index contributed by atoms with van der Waals surface area (Å²) in [6.07, 6.45) is 0. The number of hydrogen-bond donors (Lipinski definition) is 1. The third kappa shape index (κ3) is 4.15. The van der Waals surface area contributed by atoms with Crippen LogP contribution in [0.3, 0.4) is 0 Å². The Morgan fingerprint density at radius 3 is 2.48 bits per heavy atom. The van der Waals surface area contributed by atoms with Gasteiger partial charge in [0.05, 0.1) is 0 Å². The standard InChI is InChI=1S/C13H18N4O5S/c1-7(2)12-15-11(22-17-12)6-23(19,20)9(4)13(18)14-10-5-8(3)21-16-10/h5,7,9H,6H2,1-4H3,(H,14,16,18)/t9-/m0/s1. The first-order chi connectivity index (χ1) is 10.7. The predicted molar refractivity (Wildman–Crippen MR) is 80.3 cm³/mol. The van der Waals surface area contributed by atoms with E-state index >= 15 is 0 Å². The van der Waals surface area contributed by atoms with Crippen molar-refractivity contribution in [3.8, 4) is 0 Å². The Balaban J connectivity index is 2.06. The van der Waals surface area contributed by atoms with Crippen LogP contribution in [0.4, 0.5) is 5.82 Å². The first-order valence-electron chi connectivity index (χ1n) is 6.97. The Hall–Kier alpha value is -2.23. The van der Waals surface area contributed by atoms with Crippen LogP contribution in [-0.4, -0.2) is 34.9 Å². The number of sulfone groups is 1. The Morgan fingerprint density at radius 2 is 1.96 bits per heavy atom. The molecule has 0 bridgehead atoms. The Labute approximate surface area is 133 Å². The van der Waals surface area contributed by atoms with Crippen LogP contribution < -0.4 is 5.32 Å². The molecule has 2 aromatic heterocycles. The number of rotatable bonds is 6. The van der Waals surface area contributed by atoms with Gasteiger partial charge in [-0.25, -0.2) is 8.42 Å². The second kappa shape index (κ2) is 6.49. The van der Waals surface area contributed by atoms with Gasteiger partial charge in [-0.15, -0.1) is 0 Å². The molecule has 0 aromatic carbocycles. The zero-order valence-electron chi connectivity index (χ0n) is 13.2. The molecule has 1 N–H and O–H groups in total. The van der Waals surface area contributed by atoms with E-state index in [4.69, 9.17) is 9.05 Å². The fraction of sp³-hybridized carbons (Fsp3) is 0.538. The molecule has 9 nitrogen and oxygen atoms in total. The molecule has 0 radical (unpaired) electrons. The maximum Gasteiger partial charge on any atom is 0.243 e. The number of carbonyl (C=O) groups is 1. The lowest BCUT2D eigenvalue weighted by Gasteiger charge is -2.10. The quantitative estimate of drug-likeness (QED) is 0.835. The van der Waals surface area contributed by atoms with E-state index < -0.39 is 26.7 Å². The molecule has 23 heavy (non-hydrogen) atoms. The molecule has 0 aliphatic heterocycles. The average Bonchev–Trinajstić information content (AvgIpc) is 3.06. The van der Waals surface area contributed by atoms with Gasteiger partial charge in [0.1, 0.15) is 16.8 Å². The molecule has 10 heteroatoms. The van der Waals surface area contributed by atoms with Crippen molar-refractivity contribution in [3.05, 3.63) is 23.5 Å². The van der Waals surface area contributed by atoms with Crippen molar-refractivity contribution in [1.82, 2.24) is 15.3 Å². The lowest BCUT2D eigenvalue weighted by Crippen LogP contribution is -2.33. The van der Waals surface area contributed by atoms with Crippen LogP contribution in [0.5, 0.6) is 0 Å². The van der Waals surface area contributed by atoms with Crippen LogP contribution in [0.1, 0.15) is 44.2 Å². The zero-order valence-corrected chi connectivity index (χ0v) is 14.0. The molecule has 0 unspecified atom stereocenters. The minimum absolute atomic E-state index is 0.0198. The molecule has 1 atom stereocenters. The Bertz CT molecular complexity index is 793. The highest BCUT2D eigenvalue weighted by Gasteiger charge is 2.31. The van der Waals surface area contributed by atoms with Crippen molar-refractivity contribution in [3.63, 3.8) is 0 Å². The normalized spacial score (nSPS) is 13.3. The summed E-state index contributed by atoms with van der Waals surface area (Å²) >= 11 is 0. The number of amides is 1. The smallest absolute Gasteiger partial charge is 0.243 e. The van der Waals surface area contributed by atoms with Crippen molar-refractivity contribution in [2.75, 3.05) is 5.32 Å². The number of anilines is 1. The SMILES string of the molecule is Cc1cc(NC(=O)[C@H](C)S(=O)(=O)Cc2nc(C(C)C)no2)no1. The molecule has 0 aliphatic rings. The van der Waals surface area contributed by atoms with E-state index in [2.05, 4.69) is 20.6 Å². The second-order valence-electron chi connectivity index (χ2n) is 5.46. The van der Waals surface area contributed by atoms with Crippen LogP contribution >= 0.6 is 0 Å². The number of nitrogens with one attached hydrogen (secondary N) is 1. The summed E-state index contributed by atoms with van der Waals surface area (Å²) in [5, 5.41) is 8.38. The largest absolute Gasteiger partial charge is 0.360 e. The van der Waals surface area contributed by atoms with Gasteiger partial charge in [0, 0.05) is 12.0 Å². The van der Waals surface area contributed by atoms with Gasteiger partial charge in [-0.1, -0.05) is 24.2 Å². The minimum Gasteiger partial charge on any atom is -0.360 e. The predicted octanol–water partition coefficient (Wildman–Crippen LogP) is 1.43. The third-order valence-electron chi connectivity index (χ3n) is 3.11. The highest BCUT2D eigenvalue weighted by atomic mass is 32.2. The van der Waals surface area contributed by atoms with Gasteiger partial charge in [0.25, 0.3) is 0 Å². The summed E-state index contributed by atoms with van der Waals surface area (Å²) in [6, 6.07) is 1.49. The van der Waals surface area contributed by atoms with E-state index in [1.807, 2.05) is 13.8 Å². The topological polar surface area (TPSA) is 128 Å². The number of carbonyl (C=O) groups excluding carboxylic acids is 1. The monoisotopic (exact) mass is 342 g/mol. The van der Waals surface area contributed by atoms with Gasteiger partial charge in [-0.05, 0) is 13.8 Å². The van der Waals surface area contributed by atoms with Gasteiger partial charge in [0.2, 0.25) is 11.8 Å². The minimum atomic E-state index is -3.80. The maximum atomic E-state index is 12.3. The molecule has 2 aromatic rings. The Morgan fingerprint density at radius 1 is 1.26 bits per heavy atom. The van der Waals surface area contributed by atoms with Crippen molar-refractivity contribution in [1.29, 1.82) is 0 Å². The summed E-state index contributed by atoms with van der Waals surface area (Å²) in [5.74, 6) is -0.138. The summed E-state index contributed by atoms with van der Waals surface area (Å²) < 4.78 is 34.3. The van der Waals surface area contributed by atoms with E-state index in [1.54, 1.807) is 6.92 Å². The van der Waals surface area contributed by atoms with E-state index in [0.29, 0.717) is 11.6 Å². The van der Waals surface area contributed by atoms with Crippen LogP contribution in [0.25, 0.3) is 0 Å². The number of aryl methyl sites for hydroxylation is 1. The summed E-state index contributed by atoms with van der Waals surface area (Å²) in [5.41, 5.74) is 0. The second-order valence-corrected chi connectivity index (χ2v) is 7.78. The van der Waals surface area contributed by atoms with Gasteiger partial charge in [0.15, 0.2) is 21.5 Å². The van der Waals surface area contributed by atoms with Crippen LogP contribution in [0.2, 0.25) is 0 Å². The lowest BCUT2D eigenvalue weighted by atomic mass is 10.2. The Kier molecular flexibility index (Phi) is 4.83. The van der Waals surface area contributed by atoms with Gasteiger partial charge >= 0.3 is 0 Å². The van der Waals surface area contributed by atoms with E-state index in [9.17, 15) is 13.2 Å². The molecule has 0 saturated heterocycles. The van der Waals surface area contributed by atoms with Crippen LogP contribution in [0, 0.1) is 6.92 Å². The molecule has 2 heterocycles. The molecular formula is C13H18N4O5S. The fourth-order valence-corrected chi connectivity index (χ4v) is 2.77. The number of hydrogen-bond acceptors (Lipinski definition) is 8. The first kappa shape index (κ1) is 17.1. The average molecular weight is 342 g/mol. The summed E-state index contributed by atoms with van der Waals surface area (Å²) in [4.78, 5) is 16.0. The lowest BCUT2D eigenvalue weighted by molar-refractivity contribution is -0.115. The number of nitrogens with zero attached hydrogens (tertiary/aromatic N) is 3. The molecule has 126 valence electrons. The van der Waals surface area contributed by atoms with Crippen molar-refractivity contribution in [2.45, 2.75) is 44.6 Å². The summed E-state index contributed by atoms with van der Waals surface area (Å²) in [6.45, 7) is 6.67. The fourth-order valence-electron chi connectivity index (χ4n) is 1.67. The van der Waals surface area contributed by atoms with Crippen LogP contribution in [-0.2, 0) is 20.4 Å². The molecular weight excluding hydrogens is 324 g/mol. The molecule has 0 fully saturated rings. The maximum absolute atomic E-state index is 12.3. The third-order valence-corrected chi connectivity index (χ3v) is 5.05. The first-order valence-corrected chi connectivity index (χ1v) is 8.69. The van der Waals surface area contributed by atoms with Gasteiger partial charge < -0.3 is 14.4 Å². The molecule has 2 rings (SSSR count). The molecule has 0 saturated carbocycles. The van der Waals surface area contributed by atoms with E-state index in [1.165, 1.54) is 13.0 Å². The van der Waals surface area contributed by atoms with E-state index in [0.717, 1.165) is 0 Å². The molecule has 1 amide bonds. The zero-order chi connectivity index (χ0) is 17.2. The van der Waals surface area contributed by atoms with Crippen LogP contribution in [0.15, 0.2) is 15.1 Å². The highest BCUT2D eigenvalue weighted by molar-refractivity contribution is 7.92. The van der Waals surface area contributed by atoms with Crippen molar-refractivity contribution in [2.24, 2.45) is 0 Å². The highest BCUT2D eigenvalue weighted by Crippen LogP contribution is 2.15. The van der Waals surface area contributed by atoms with Gasteiger partial charge in [-0.2, -0.15) is 4.98 Å². The van der Waals surface area contributed by atoms with Crippen molar-refractivity contribution < 1.29 is 22.3 Å². The van der Waals surface area contributed by atoms with E-state index in [-0.39, 0.29) is 17.6 Å². The molecule has 0 spiro atoms. The molecule has 0 aliphatic carbocycles. The van der Waals surface area contributed by atoms with Crippen molar-refractivity contribution >= 4 is 21.6 Å². The van der Waals surface area contributed by atoms with Gasteiger partial charge in [-0.3, -0.25) is 4.79 Å². The summed E-state index contributed by atoms with van der Waals surface area (Å²) in [7, 11) is -3.80. The number of aromatic nitrogens is 3.